The van der Waals surface area contributed by atoms with Gasteiger partial charge in [0.25, 0.3) is 5.91 Å². The topological polar surface area (TPSA) is 105 Å². The number of nitrogens with zero attached hydrogens (tertiary/aromatic N) is 2. The van der Waals surface area contributed by atoms with Crippen molar-refractivity contribution < 1.29 is 19.2 Å². The van der Waals surface area contributed by atoms with Gasteiger partial charge in [-0.2, -0.15) is 0 Å². The number of pyridine rings is 1. The molecule has 0 aliphatic heterocycles. The zero-order valence-corrected chi connectivity index (χ0v) is 11.5. The second kappa shape index (κ2) is 6.00. The summed E-state index contributed by atoms with van der Waals surface area (Å²) in [6, 6.07) is 3.09. The van der Waals surface area contributed by atoms with Gasteiger partial charge < -0.3 is 9.63 Å². The van der Waals surface area contributed by atoms with E-state index in [-0.39, 0.29) is 11.6 Å². The number of carboxylic acid groups (broad SMARTS) is 1. The lowest BCUT2D eigenvalue weighted by Crippen LogP contribution is -2.13. The maximum absolute atomic E-state index is 12.0. The molecule has 0 saturated carbocycles. The van der Waals surface area contributed by atoms with Crippen molar-refractivity contribution in [3.63, 3.8) is 0 Å². The molecule has 0 aliphatic carbocycles. The molecular formula is C14H13N3O4. The molecule has 2 N–H and O–H groups in total. The lowest BCUT2D eigenvalue weighted by Gasteiger charge is -2.02. The standard InChI is InChI=1S/C14H13N3O4/c1-8-9(2)17-21-14(8)16-13(20)11-5-3-10(7-15-11)4-6-12(18)19/h3-7H,1-2H3,(H,16,20)(H,18,19). The molecule has 0 fully saturated rings. The first kappa shape index (κ1) is 14.4. The predicted octanol–water partition coefficient (Wildman–Crippen LogP) is 2.04. The molecule has 7 nitrogen and oxygen atoms in total. The Labute approximate surface area is 120 Å². The predicted molar refractivity (Wildman–Crippen MR) is 74.8 cm³/mol. The molecule has 108 valence electrons. The first-order valence-corrected chi connectivity index (χ1v) is 6.08. The van der Waals surface area contributed by atoms with Crippen LogP contribution < -0.4 is 5.32 Å². The molecule has 2 aromatic heterocycles. The molecule has 2 aromatic rings. The summed E-state index contributed by atoms with van der Waals surface area (Å²) in [5, 5.41) is 14.8. The quantitative estimate of drug-likeness (QED) is 0.833. The summed E-state index contributed by atoms with van der Waals surface area (Å²) in [6.07, 6.45) is 3.80. The summed E-state index contributed by atoms with van der Waals surface area (Å²) < 4.78 is 4.99. The van der Waals surface area contributed by atoms with Gasteiger partial charge in [-0.25, -0.2) is 4.79 Å². The summed E-state index contributed by atoms with van der Waals surface area (Å²) >= 11 is 0. The van der Waals surface area contributed by atoms with Crippen LogP contribution in [0.25, 0.3) is 6.08 Å². The van der Waals surface area contributed by atoms with Crippen molar-refractivity contribution in [3.8, 4) is 0 Å². The zero-order valence-electron chi connectivity index (χ0n) is 11.5. The first-order valence-electron chi connectivity index (χ1n) is 6.08. The number of carbonyl (C=O) groups is 2. The Morgan fingerprint density at radius 3 is 2.62 bits per heavy atom. The van der Waals surface area contributed by atoms with E-state index in [1.54, 1.807) is 19.9 Å². The van der Waals surface area contributed by atoms with Crippen LogP contribution >= 0.6 is 0 Å². The molecular weight excluding hydrogens is 274 g/mol. The molecule has 0 aliphatic rings. The Balaban J connectivity index is 2.10. The van der Waals surface area contributed by atoms with Crippen molar-refractivity contribution in [2.75, 3.05) is 5.32 Å². The zero-order chi connectivity index (χ0) is 15.4. The van der Waals surface area contributed by atoms with E-state index >= 15 is 0 Å². The smallest absolute Gasteiger partial charge is 0.328 e. The normalized spacial score (nSPS) is 10.8. The van der Waals surface area contributed by atoms with Crippen molar-refractivity contribution in [1.29, 1.82) is 0 Å². The summed E-state index contributed by atoms with van der Waals surface area (Å²) in [4.78, 5) is 26.3. The number of aliphatic carboxylic acids is 1. The minimum atomic E-state index is -1.05. The highest BCUT2D eigenvalue weighted by Crippen LogP contribution is 2.18. The van der Waals surface area contributed by atoms with Crippen LogP contribution in [0.3, 0.4) is 0 Å². The highest BCUT2D eigenvalue weighted by molar-refractivity contribution is 6.02. The maximum atomic E-state index is 12.0. The number of carboxylic acids is 1. The fourth-order valence-corrected chi connectivity index (χ4v) is 1.50. The van der Waals surface area contributed by atoms with E-state index in [2.05, 4.69) is 15.5 Å². The molecule has 0 saturated heterocycles. The molecule has 0 atom stereocenters. The Morgan fingerprint density at radius 2 is 2.10 bits per heavy atom. The van der Waals surface area contributed by atoms with Gasteiger partial charge in [-0.3, -0.25) is 15.1 Å². The number of nitrogens with one attached hydrogen (secondary N) is 1. The average Bonchev–Trinajstić information content (AvgIpc) is 2.77. The number of hydrogen-bond acceptors (Lipinski definition) is 5. The molecule has 0 radical (unpaired) electrons. The highest BCUT2D eigenvalue weighted by atomic mass is 16.5. The van der Waals surface area contributed by atoms with Crippen molar-refractivity contribution in [3.05, 3.63) is 46.9 Å². The monoisotopic (exact) mass is 287 g/mol. The number of rotatable bonds is 4. The molecule has 0 spiro atoms. The minimum absolute atomic E-state index is 0.191. The third-order valence-corrected chi connectivity index (χ3v) is 2.82. The van der Waals surface area contributed by atoms with Crippen LogP contribution in [0.15, 0.2) is 28.9 Å². The Hall–Kier alpha value is -2.96. The first-order chi connectivity index (χ1) is 9.97. The number of hydrogen-bond donors (Lipinski definition) is 2. The Morgan fingerprint density at radius 1 is 1.33 bits per heavy atom. The summed E-state index contributed by atoms with van der Waals surface area (Å²) in [7, 11) is 0. The largest absolute Gasteiger partial charge is 0.478 e. The molecule has 7 heteroatoms. The van der Waals surface area contributed by atoms with E-state index in [0.29, 0.717) is 11.3 Å². The SMILES string of the molecule is Cc1noc(NC(=O)c2ccc(C=CC(=O)O)cn2)c1C. The number of aromatic nitrogens is 2. The second-order valence-corrected chi connectivity index (χ2v) is 4.32. The fraction of sp³-hybridized carbons (Fsp3) is 0.143. The van der Waals surface area contributed by atoms with Gasteiger partial charge in [-0.15, -0.1) is 0 Å². The number of carbonyl (C=O) groups excluding carboxylic acids is 1. The third-order valence-electron chi connectivity index (χ3n) is 2.82. The van der Waals surface area contributed by atoms with Crippen LogP contribution in [-0.4, -0.2) is 27.1 Å². The maximum Gasteiger partial charge on any atom is 0.328 e. The van der Waals surface area contributed by atoms with E-state index in [1.165, 1.54) is 18.3 Å². The molecule has 2 rings (SSSR count). The van der Waals surface area contributed by atoms with E-state index in [4.69, 9.17) is 9.63 Å². The van der Waals surface area contributed by atoms with Crippen LogP contribution in [0.4, 0.5) is 5.88 Å². The number of aryl methyl sites for hydroxylation is 1. The lowest BCUT2D eigenvalue weighted by atomic mass is 10.2. The van der Waals surface area contributed by atoms with Crippen molar-refractivity contribution in [2.24, 2.45) is 0 Å². The van der Waals surface area contributed by atoms with Crippen LogP contribution in [0.5, 0.6) is 0 Å². The van der Waals surface area contributed by atoms with Crippen LogP contribution in [-0.2, 0) is 4.79 Å². The molecule has 0 bridgehead atoms. The highest BCUT2D eigenvalue weighted by Gasteiger charge is 2.13. The number of amides is 1. The van der Waals surface area contributed by atoms with Gasteiger partial charge in [0.15, 0.2) is 0 Å². The van der Waals surface area contributed by atoms with Crippen LogP contribution in [0, 0.1) is 13.8 Å². The second-order valence-electron chi connectivity index (χ2n) is 4.32. The van der Waals surface area contributed by atoms with Gasteiger partial charge in [0, 0.05) is 17.8 Å². The van der Waals surface area contributed by atoms with Crippen LogP contribution in [0.1, 0.15) is 27.3 Å². The molecule has 2 heterocycles. The fourth-order valence-electron chi connectivity index (χ4n) is 1.50. The molecule has 0 aromatic carbocycles. The summed E-state index contributed by atoms with van der Waals surface area (Å²) in [5.74, 6) is -1.19. The Kier molecular flexibility index (Phi) is 4.13. The van der Waals surface area contributed by atoms with Gasteiger partial charge in [0.05, 0.1) is 5.69 Å². The van der Waals surface area contributed by atoms with Crippen molar-refractivity contribution >= 4 is 23.8 Å². The van der Waals surface area contributed by atoms with Gasteiger partial charge >= 0.3 is 5.97 Å². The molecule has 1 amide bonds. The molecule has 21 heavy (non-hydrogen) atoms. The van der Waals surface area contributed by atoms with Gasteiger partial charge in [0.1, 0.15) is 5.69 Å². The van der Waals surface area contributed by atoms with Gasteiger partial charge in [0.2, 0.25) is 5.88 Å². The third kappa shape index (κ3) is 3.53. The summed E-state index contributed by atoms with van der Waals surface area (Å²) in [6.45, 7) is 3.56. The molecule has 0 unspecified atom stereocenters. The lowest BCUT2D eigenvalue weighted by molar-refractivity contribution is -0.131. The Bertz CT molecular complexity index is 702. The van der Waals surface area contributed by atoms with E-state index in [0.717, 1.165) is 11.6 Å². The van der Waals surface area contributed by atoms with E-state index in [9.17, 15) is 9.59 Å². The van der Waals surface area contributed by atoms with Gasteiger partial charge in [-0.1, -0.05) is 11.2 Å². The average molecular weight is 287 g/mol. The number of anilines is 1. The summed E-state index contributed by atoms with van der Waals surface area (Å²) in [5.41, 5.74) is 2.23. The minimum Gasteiger partial charge on any atom is -0.478 e. The van der Waals surface area contributed by atoms with Crippen molar-refractivity contribution in [2.45, 2.75) is 13.8 Å². The van der Waals surface area contributed by atoms with Crippen LogP contribution in [0.2, 0.25) is 0 Å². The van der Waals surface area contributed by atoms with E-state index in [1.807, 2.05) is 0 Å². The van der Waals surface area contributed by atoms with Crippen molar-refractivity contribution in [1.82, 2.24) is 10.1 Å². The van der Waals surface area contributed by atoms with Gasteiger partial charge in [-0.05, 0) is 31.6 Å². The van der Waals surface area contributed by atoms with E-state index < -0.39 is 11.9 Å².